The van der Waals surface area contributed by atoms with E-state index >= 15 is 0 Å². The van der Waals surface area contributed by atoms with Gasteiger partial charge in [0, 0.05) is 5.69 Å². The zero-order valence-electron chi connectivity index (χ0n) is 14.7. The fraction of sp³-hybridized carbons (Fsp3) is 0.150. The zero-order chi connectivity index (χ0) is 18.9. The van der Waals surface area contributed by atoms with Crippen LogP contribution in [0.2, 0.25) is 0 Å². The fourth-order valence-electron chi connectivity index (χ4n) is 2.56. The molecule has 0 aliphatic carbocycles. The summed E-state index contributed by atoms with van der Waals surface area (Å²) in [7, 11) is -3.80. The number of anilines is 1. The zero-order valence-corrected chi connectivity index (χ0v) is 15.6. The van der Waals surface area contributed by atoms with E-state index in [1.165, 1.54) is 24.3 Å². The molecule has 1 N–H and O–H groups in total. The molecule has 6 heteroatoms. The largest absolute Gasteiger partial charge is 0.439 e. The number of hydrogen-bond acceptors (Lipinski definition) is 4. The van der Waals surface area contributed by atoms with Gasteiger partial charge in [0.15, 0.2) is 5.76 Å². The minimum absolute atomic E-state index is 0.0596. The van der Waals surface area contributed by atoms with Gasteiger partial charge in [0.05, 0.1) is 4.90 Å². The van der Waals surface area contributed by atoms with Gasteiger partial charge >= 0.3 is 0 Å². The van der Waals surface area contributed by atoms with Gasteiger partial charge in [0.1, 0.15) is 0 Å². The lowest BCUT2D eigenvalue weighted by Gasteiger charge is -2.07. The maximum atomic E-state index is 12.6. The molecule has 26 heavy (non-hydrogen) atoms. The van der Waals surface area contributed by atoms with Crippen molar-refractivity contribution in [1.82, 2.24) is 0 Å². The Morgan fingerprint density at radius 3 is 2.19 bits per heavy atom. The maximum absolute atomic E-state index is 12.6. The summed E-state index contributed by atoms with van der Waals surface area (Å²) < 4.78 is 30.5. The van der Waals surface area contributed by atoms with Gasteiger partial charge < -0.3 is 9.73 Å². The van der Waals surface area contributed by atoms with Gasteiger partial charge in [-0.25, -0.2) is 8.42 Å². The molecule has 3 rings (SSSR count). The molecule has 0 bridgehead atoms. The lowest BCUT2D eigenvalue weighted by Crippen LogP contribution is -2.12. The summed E-state index contributed by atoms with van der Waals surface area (Å²) in [4.78, 5) is 12.5. The summed E-state index contributed by atoms with van der Waals surface area (Å²) in [5.41, 5.74) is 3.61. The Morgan fingerprint density at radius 1 is 0.885 bits per heavy atom. The molecule has 1 heterocycles. The molecule has 0 atom stereocenters. The predicted molar refractivity (Wildman–Crippen MR) is 99.2 cm³/mol. The predicted octanol–water partition coefficient (Wildman–Crippen LogP) is 4.29. The molecular formula is C20H19NO4S. The van der Waals surface area contributed by atoms with Crippen LogP contribution < -0.4 is 5.32 Å². The van der Waals surface area contributed by atoms with Gasteiger partial charge in [-0.1, -0.05) is 35.4 Å². The van der Waals surface area contributed by atoms with E-state index in [4.69, 9.17) is 4.42 Å². The third-order valence-corrected chi connectivity index (χ3v) is 5.67. The molecule has 0 radical (unpaired) electrons. The Kier molecular flexibility index (Phi) is 4.70. The van der Waals surface area contributed by atoms with Gasteiger partial charge in [0.2, 0.25) is 14.9 Å². The van der Waals surface area contributed by atoms with Crippen LogP contribution in [0.3, 0.4) is 0 Å². The molecule has 5 nitrogen and oxygen atoms in total. The molecule has 0 saturated carbocycles. The molecular weight excluding hydrogens is 350 g/mol. The van der Waals surface area contributed by atoms with E-state index in [0.717, 1.165) is 16.7 Å². The first-order valence-electron chi connectivity index (χ1n) is 8.07. The van der Waals surface area contributed by atoms with Crippen LogP contribution in [0, 0.1) is 20.8 Å². The number of amides is 1. The fourth-order valence-corrected chi connectivity index (χ4v) is 3.73. The van der Waals surface area contributed by atoms with Crippen molar-refractivity contribution in [3.63, 3.8) is 0 Å². The molecule has 2 aromatic carbocycles. The normalized spacial score (nSPS) is 11.3. The van der Waals surface area contributed by atoms with Crippen LogP contribution in [-0.2, 0) is 9.84 Å². The van der Waals surface area contributed by atoms with Crippen molar-refractivity contribution < 1.29 is 17.6 Å². The van der Waals surface area contributed by atoms with Gasteiger partial charge in [-0.05, 0) is 56.7 Å². The van der Waals surface area contributed by atoms with E-state index in [1.54, 1.807) is 18.2 Å². The van der Waals surface area contributed by atoms with Crippen molar-refractivity contribution >= 4 is 21.4 Å². The van der Waals surface area contributed by atoms with Gasteiger partial charge in [-0.3, -0.25) is 4.79 Å². The standard InChI is InChI=1S/C20H19NO4S/c1-13-4-7-16(8-5-13)26(23,24)19-11-10-18(25-19)20(22)21-17-9-6-14(2)12-15(17)3/h4-12H,1-3H3,(H,21,22). The average molecular weight is 369 g/mol. The van der Waals surface area contributed by atoms with Gasteiger partial charge in [-0.2, -0.15) is 0 Å². The number of carbonyl (C=O) groups excluding carboxylic acids is 1. The number of carbonyl (C=O) groups is 1. The van der Waals surface area contributed by atoms with Crippen LogP contribution in [0.15, 0.2) is 69.0 Å². The molecule has 0 aliphatic heterocycles. The van der Waals surface area contributed by atoms with E-state index in [0.29, 0.717) is 5.69 Å². The summed E-state index contributed by atoms with van der Waals surface area (Å²) in [5.74, 6) is -0.557. The number of aryl methyl sites for hydroxylation is 3. The van der Waals surface area contributed by atoms with E-state index in [2.05, 4.69) is 5.32 Å². The number of nitrogens with one attached hydrogen (secondary N) is 1. The van der Waals surface area contributed by atoms with E-state index in [-0.39, 0.29) is 15.7 Å². The Balaban J connectivity index is 1.85. The molecule has 0 spiro atoms. The number of hydrogen-bond donors (Lipinski definition) is 1. The summed E-state index contributed by atoms with van der Waals surface area (Å²) in [6, 6.07) is 14.8. The van der Waals surface area contributed by atoms with Crippen LogP contribution in [0.4, 0.5) is 5.69 Å². The third kappa shape index (κ3) is 3.55. The Hall–Kier alpha value is -2.86. The summed E-state index contributed by atoms with van der Waals surface area (Å²) >= 11 is 0. The number of benzene rings is 2. The molecule has 1 amide bonds. The van der Waals surface area contributed by atoms with Crippen molar-refractivity contribution in [3.8, 4) is 0 Å². The first-order valence-corrected chi connectivity index (χ1v) is 9.56. The summed E-state index contributed by atoms with van der Waals surface area (Å²) in [5, 5.41) is 2.48. The molecule has 0 fully saturated rings. The van der Waals surface area contributed by atoms with E-state index in [1.807, 2.05) is 32.9 Å². The molecule has 134 valence electrons. The SMILES string of the molecule is Cc1ccc(S(=O)(=O)c2ccc(C(=O)Nc3ccc(C)cc3C)o2)cc1. The second kappa shape index (κ2) is 6.80. The quantitative estimate of drug-likeness (QED) is 0.744. The molecule has 3 aromatic rings. The van der Waals surface area contributed by atoms with E-state index < -0.39 is 15.7 Å². The monoisotopic (exact) mass is 369 g/mol. The smallest absolute Gasteiger partial charge is 0.291 e. The molecule has 0 aliphatic rings. The maximum Gasteiger partial charge on any atom is 0.291 e. The Morgan fingerprint density at radius 2 is 1.54 bits per heavy atom. The van der Waals surface area contributed by atoms with Crippen LogP contribution in [-0.4, -0.2) is 14.3 Å². The van der Waals surface area contributed by atoms with Crippen LogP contribution in [0.25, 0.3) is 0 Å². The second-order valence-electron chi connectivity index (χ2n) is 6.21. The molecule has 0 unspecified atom stereocenters. The van der Waals surface area contributed by atoms with Gasteiger partial charge in [0.25, 0.3) is 5.91 Å². The van der Waals surface area contributed by atoms with E-state index in [9.17, 15) is 13.2 Å². The van der Waals surface area contributed by atoms with Crippen LogP contribution >= 0.6 is 0 Å². The average Bonchev–Trinajstić information content (AvgIpc) is 3.09. The highest BCUT2D eigenvalue weighted by molar-refractivity contribution is 7.91. The lowest BCUT2D eigenvalue weighted by molar-refractivity contribution is 0.0991. The van der Waals surface area contributed by atoms with Crippen molar-refractivity contribution in [3.05, 3.63) is 77.0 Å². The van der Waals surface area contributed by atoms with Gasteiger partial charge in [-0.15, -0.1) is 0 Å². The number of rotatable bonds is 4. The van der Waals surface area contributed by atoms with Crippen molar-refractivity contribution in [2.24, 2.45) is 0 Å². The third-order valence-electron chi connectivity index (χ3n) is 4.03. The van der Waals surface area contributed by atoms with Crippen LogP contribution in [0.1, 0.15) is 27.2 Å². The first kappa shape index (κ1) is 17.9. The van der Waals surface area contributed by atoms with Crippen molar-refractivity contribution in [1.29, 1.82) is 0 Å². The summed E-state index contributed by atoms with van der Waals surface area (Å²) in [6.45, 7) is 5.73. The highest BCUT2D eigenvalue weighted by Crippen LogP contribution is 2.24. The minimum atomic E-state index is -3.80. The van der Waals surface area contributed by atoms with Crippen molar-refractivity contribution in [2.45, 2.75) is 30.8 Å². The highest BCUT2D eigenvalue weighted by Gasteiger charge is 2.23. The second-order valence-corrected chi connectivity index (χ2v) is 8.09. The van der Waals surface area contributed by atoms with Crippen molar-refractivity contribution in [2.75, 3.05) is 5.32 Å². The first-order chi connectivity index (χ1) is 12.3. The topological polar surface area (TPSA) is 76.4 Å². The Bertz CT molecular complexity index is 1060. The number of furan rings is 1. The Labute approximate surface area is 152 Å². The lowest BCUT2D eigenvalue weighted by atomic mass is 10.1. The minimum Gasteiger partial charge on any atom is -0.439 e. The van der Waals surface area contributed by atoms with Crippen LogP contribution in [0.5, 0.6) is 0 Å². The molecule has 0 saturated heterocycles. The highest BCUT2D eigenvalue weighted by atomic mass is 32.2. The molecule has 1 aromatic heterocycles. The summed E-state index contributed by atoms with van der Waals surface area (Å²) in [6.07, 6.45) is 0. The number of sulfone groups is 1.